The van der Waals surface area contributed by atoms with E-state index in [4.69, 9.17) is 25.8 Å². The Morgan fingerprint density at radius 3 is 2.51 bits per heavy atom. The van der Waals surface area contributed by atoms with E-state index in [9.17, 15) is 18.8 Å². The van der Waals surface area contributed by atoms with Crippen molar-refractivity contribution in [3.63, 3.8) is 0 Å². The Morgan fingerprint density at radius 1 is 1.11 bits per heavy atom. The predicted molar refractivity (Wildman–Crippen MR) is 138 cm³/mol. The maximum atomic E-state index is 14.0. The van der Waals surface area contributed by atoms with Crippen molar-refractivity contribution in [3.8, 4) is 17.2 Å². The number of rotatable bonds is 8. The van der Waals surface area contributed by atoms with E-state index in [0.29, 0.717) is 11.3 Å². The van der Waals surface area contributed by atoms with Crippen molar-refractivity contribution in [1.82, 2.24) is 4.90 Å². The monoisotopic (exact) mass is 541 g/mol. The van der Waals surface area contributed by atoms with Gasteiger partial charge in [-0.25, -0.2) is 9.18 Å². The van der Waals surface area contributed by atoms with Crippen molar-refractivity contribution >= 4 is 46.6 Å². The molecular weight excluding hydrogens is 521 g/mol. The maximum absolute atomic E-state index is 14.0. The Balaban J connectivity index is 1.58. The van der Waals surface area contributed by atoms with E-state index in [-0.39, 0.29) is 45.7 Å². The van der Waals surface area contributed by atoms with Gasteiger partial charge in [0.1, 0.15) is 11.6 Å². The summed E-state index contributed by atoms with van der Waals surface area (Å²) < 4.78 is 30.3. The molecule has 2 amide bonds. The van der Waals surface area contributed by atoms with E-state index in [1.165, 1.54) is 37.5 Å². The zero-order valence-corrected chi connectivity index (χ0v) is 21.4. The molecule has 3 aromatic carbocycles. The van der Waals surface area contributed by atoms with Gasteiger partial charge in [-0.2, -0.15) is 0 Å². The Hall–Kier alpha value is -3.82. The van der Waals surface area contributed by atoms with Crippen LogP contribution < -0.4 is 14.2 Å². The van der Waals surface area contributed by atoms with Gasteiger partial charge < -0.3 is 14.2 Å². The lowest BCUT2D eigenvalue weighted by atomic mass is 10.1. The molecule has 0 aliphatic carbocycles. The molecule has 0 atom stereocenters. The van der Waals surface area contributed by atoms with Crippen LogP contribution in [0.1, 0.15) is 28.4 Å². The first-order chi connectivity index (χ1) is 17.8. The van der Waals surface area contributed by atoms with Gasteiger partial charge in [0.15, 0.2) is 11.5 Å². The number of carbonyl (C=O) groups excluding carboxylic acids is 3. The van der Waals surface area contributed by atoms with Crippen LogP contribution in [0.4, 0.5) is 9.18 Å². The molecule has 7 nitrogen and oxygen atoms in total. The van der Waals surface area contributed by atoms with E-state index in [2.05, 4.69) is 0 Å². The molecule has 0 spiro atoms. The number of methoxy groups -OCH3 is 1. The van der Waals surface area contributed by atoms with E-state index in [0.717, 1.165) is 16.7 Å². The van der Waals surface area contributed by atoms with Crippen LogP contribution in [0.2, 0.25) is 5.02 Å². The molecule has 1 aliphatic heterocycles. The van der Waals surface area contributed by atoms with Gasteiger partial charge in [0.25, 0.3) is 11.1 Å². The summed E-state index contributed by atoms with van der Waals surface area (Å²) in [6, 6.07) is 15.4. The van der Waals surface area contributed by atoms with Crippen molar-refractivity contribution in [1.29, 1.82) is 0 Å². The predicted octanol–water partition coefficient (Wildman–Crippen LogP) is 6.34. The third-order valence-corrected chi connectivity index (χ3v) is 6.50. The van der Waals surface area contributed by atoms with E-state index >= 15 is 0 Å². The van der Waals surface area contributed by atoms with Crippen LogP contribution in [0.25, 0.3) is 6.08 Å². The SMILES string of the molecule is CCOc1cc(/C=C2\SC(=O)N(Cc3ccccc3F)C2=O)cc(Cl)c1OC(=O)c1ccc(OC)cc1. The molecule has 0 bridgehead atoms. The second-order valence-electron chi connectivity index (χ2n) is 7.74. The van der Waals surface area contributed by atoms with Crippen LogP contribution >= 0.6 is 23.4 Å². The molecule has 4 rings (SSSR count). The number of esters is 1. The molecule has 0 saturated carbocycles. The molecule has 1 saturated heterocycles. The Labute approximate surface area is 221 Å². The van der Waals surface area contributed by atoms with Crippen molar-refractivity contribution in [2.75, 3.05) is 13.7 Å². The summed E-state index contributed by atoms with van der Waals surface area (Å²) in [5.74, 6) is -0.900. The lowest BCUT2D eigenvalue weighted by molar-refractivity contribution is -0.123. The normalized spacial score (nSPS) is 14.3. The Morgan fingerprint density at radius 2 is 1.84 bits per heavy atom. The van der Waals surface area contributed by atoms with Crippen LogP contribution in [-0.2, 0) is 11.3 Å². The Kier molecular flexibility index (Phi) is 8.15. The molecular formula is C27H21ClFNO6S. The van der Waals surface area contributed by atoms with Gasteiger partial charge in [-0.1, -0.05) is 29.8 Å². The quantitative estimate of drug-likeness (QED) is 0.187. The summed E-state index contributed by atoms with van der Waals surface area (Å²) in [7, 11) is 1.52. The minimum atomic E-state index is -0.646. The van der Waals surface area contributed by atoms with Crippen molar-refractivity contribution in [2.45, 2.75) is 13.5 Å². The summed E-state index contributed by atoms with van der Waals surface area (Å²) in [5, 5.41) is -0.440. The van der Waals surface area contributed by atoms with Crippen LogP contribution in [0.3, 0.4) is 0 Å². The summed E-state index contributed by atoms with van der Waals surface area (Å²) in [4.78, 5) is 39.2. The molecule has 190 valence electrons. The van der Waals surface area contributed by atoms with Crippen molar-refractivity contribution in [3.05, 3.63) is 93.1 Å². The number of amides is 2. The first-order valence-corrected chi connectivity index (χ1v) is 12.3. The highest BCUT2D eigenvalue weighted by Gasteiger charge is 2.35. The molecule has 3 aromatic rings. The highest BCUT2D eigenvalue weighted by Crippen LogP contribution is 2.40. The first kappa shape index (κ1) is 26.2. The van der Waals surface area contributed by atoms with Crippen LogP contribution in [0.15, 0.2) is 65.6 Å². The molecule has 0 N–H and O–H groups in total. The zero-order valence-electron chi connectivity index (χ0n) is 19.8. The summed E-state index contributed by atoms with van der Waals surface area (Å²) in [6.45, 7) is 1.83. The number of halogens is 2. The minimum Gasteiger partial charge on any atom is -0.497 e. The smallest absolute Gasteiger partial charge is 0.343 e. The van der Waals surface area contributed by atoms with Gasteiger partial charge >= 0.3 is 5.97 Å². The van der Waals surface area contributed by atoms with E-state index in [1.54, 1.807) is 43.3 Å². The number of ether oxygens (including phenoxy) is 3. The standard InChI is InChI=1S/C27H21ClFNO6S/c1-3-35-22-13-16(12-20(28)24(22)36-26(32)17-8-10-19(34-2)11-9-17)14-23-25(31)30(27(33)37-23)15-18-6-4-5-7-21(18)29/h4-14H,3,15H2,1-2H3/b23-14-. The maximum Gasteiger partial charge on any atom is 0.343 e. The number of hydrogen-bond donors (Lipinski definition) is 0. The van der Waals surface area contributed by atoms with Gasteiger partial charge in [-0.3, -0.25) is 14.5 Å². The number of imide groups is 1. The number of thioether (sulfide) groups is 1. The fraction of sp³-hybridized carbons (Fsp3) is 0.148. The fourth-order valence-corrected chi connectivity index (χ4v) is 4.59. The highest BCUT2D eigenvalue weighted by molar-refractivity contribution is 8.18. The van der Waals surface area contributed by atoms with E-state index < -0.39 is 22.9 Å². The van der Waals surface area contributed by atoms with Gasteiger partial charge in [-0.15, -0.1) is 0 Å². The molecule has 1 heterocycles. The van der Waals surface area contributed by atoms with Gasteiger partial charge in [0.05, 0.1) is 35.8 Å². The highest BCUT2D eigenvalue weighted by atomic mass is 35.5. The lowest BCUT2D eigenvalue weighted by Crippen LogP contribution is -2.27. The number of benzene rings is 3. The molecule has 37 heavy (non-hydrogen) atoms. The summed E-state index contributed by atoms with van der Waals surface area (Å²) in [5.41, 5.74) is 0.969. The fourth-order valence-electron chi connectivity index (χ4n) is 3.50. The second kappa shape index (κ2) is 11.5. The van der Waals surface area contributed by atoms with Crippen LogP contribution in [0.5, 0.6) is 17.2 Å². The molecule has 0 radical (unpaired) electrons. The summed E-state index contributed by atoms with van der Waals surface area (Å²) in [6.07, 6.45) is 1.48. The van der Waals surface area contributed by atoms with Crippen LogP contribution in [0, 0.1) is 5.82 Å². The van der Waals surface area contributed by atoms with E-state index in [1.807, 2.05) is 0 Å². The minimum absolute atomic E-state index is 0.0224. The van der Waals surface area contributed by atoms with Crippen LogP contribution in [-0.4, -0.2) is 35.7 Å². The molecule has 1 fully saturated rings. The number of nitrogens with zero attached hydrogens (tertiary/aromatic N) is 1. The second-order valence-corrected chi connectivity index (χ2v) is 9.14. The average Bonchev–Trinajstić information content (AvgIpc) is 3.14. The van der Waals surface area contributed by atoms with Gasteiger partial charge in [0.2, 0.25) is 0 Å². The number of hydrogen-bond acceptors (Lipinski definition) is 7. The Bertz CT molecular complexity index is 1390. The average molecular weight is 542 g/mol. The zero-order chi connectivity index (χ0) is 26.5. The summed E-state index contributed by atoms with van der Waals surface area (Å²) >= 11 is 7.17. The van der Waals surface area contributed by atoms with Crippen molar-refractivity contribution in [2.24, 2.45) is 0 Å². The molecule has 10 heteroatoms. The third kappa shape index (κ3) is 5.95. The van der Waals surface area contributed by atoms with Gasteiger partial charge in [0, 0.05) is 5.56 Å². The number of carbonyl (C=O) groups is 3. The first-order valence-electron chi connectivity index (χ1n) is 11.1. The van der Waals surface area contributed by atoms with Gasteiger partial charge in [-0.05, 0) is 72.8 Å². The third-order valence-electron chi connectivity index (χ3n) is 5.31. The lowest BCUT2D eigenvalue weighted by Gasteiger charge is -2.14. The molecule has 0 aromatic heterocycles. The van der Waals surface area contributed by atoms with Crippen molar-refractivity contribution < 1.29 is 33.0 Å². The molecule has 1 aliphatic rings. The molecule has 0 unspecified atom stereocenters. The topological polar surface area (TPSA) is 82.1 Å². The largest absolute Gasteiger partial charge is 0.497 e.